The summed E-state index contributed by atoms with van der Waals surface area (Å²) < 4.78 is 4.30. The van der Waals surface area contributed by atoms with E-state index in [0.717, 1.165) is 0 Å². The fraction of sp³-hybridized carbons (Fsp3) is 0.0909. The summed E-state index contributed by atoms with van der Waals surface area (Å²) in [5, 5.41) is 2.61. The third-order valence-corrected chi connectivity index (χ3v) is 2.51. The van der Waals surface area contributed by atoms with Crippen molar-refractivity contribution in [2.75, 3.05) is 0 Å². The Morgan fingerprint density at radius 1 is 1.08 bits per heavy atom. The molecule has 0 aliphatic carbocycles. The Morgan fingerprint density at radius 2 is 1.92 bits per heavy atom. The fourth-order valence-corrected chi connectivity index (χ4v) is 1.89. The Kier molecular flexibility index (Phi) is 1.13. The summed E-state index contributed by atoms with van der Waals surface area (Å²) in [6, 6.07) is 8.45. The van der Waals surface area contributed by atoms with Crippen LogP contribution in [0.15, 0.2) is 42.9 Å². The molecule has 64 valence electrons. The van der Waals surface area contributed by atoms with Crippen LogP contribution in [0.1, 0.15) is 0 Å². The Balaban J connectivity index is 2.66. The Morgan fingerprint density at radius 3 is 2.85 bits per heavy atom. The van der Waals surface area contributed by atoms with Crippen molar-refractivity contribution in [1.29, 1.82) is 0 Å². The van der Waals surface area contributed by atoms with E-state index in [0.29, 0.717) is 0 Å². The molecule has 2 aromatic heterocycles. The standard InChI is InChI=1S/C11H10N2/c1-12-6-7-13-8-9-4-2-3-5-10(9)11(12)13/h2-8H,1H3. The number of rotatable bonds is 0. The molecule has 0 aliphatic rings. The first-order valence-electron chi connectivity index (χ1n) is 4.37. The largest absolute Gasteiger partial charge is 0.335 e. The van der Waals surface area contributed by atoms with E-state index in [1.165, 1.54) is 16.4 Å². The van der Waals surface area contributed by atoms with Crippen molar-refractivity contribution < 1.29 is 0 Å². The molecule has 0 saturated carbocycles. The van der Waals surface area contributed by atoms with Gasteiger partial charge in [-0.3, -0.25) is 0 Å². The normalized spacial score (nSPS) is 11.5. The highest BCUT2D eigenvalue weighted by Gasteiger charge is 2.03. The average Bonchev–Trinajstić information content (AvgIpc) is 2.66. The van der Waals surface area contributed by atoms with Crippen LogP contribution in [0.25, 0.3) is 16.4 Å². The van der Waals surface area contributed by atoms with Crippen molar-refractivity contribution in [2.24, 2.45) is 7.05 Å². The summed E-state index contributed by atoms with van der Waals surface area (Å²) in [6.07, 6.45) is 6.31. The number of fused-ring (bicyclic) bond motifs is 3. The first-order chi connectivity index (χ1) is 6.36. The van der Waals surface area contributed by atoms with Gasteiger partial charge in [0.15, 0.2) is 0 Å². The predicted octanol–water partition coefficient (Wildman–Crippen LogP) is 2.43. The number of aryl methyl sites for hydroxylation is 1. The average molecular weight is 170 g/mol. The van der Waals surface area contributed by atoms with Crippen molar-refractivity contribution >= 4 is 16.4 Å². The van der Waals surface area contributed by atoms with Crippen LogP contribution in [0.3, 0.4) is 0 Å². The molecule has 13 heavy (non-hydrogen) atoms. The zero-order valence-corrected chi connectivity index (χ0v) is 7.44. The van der Waals surface area contributed by atoms with Crippen molar-refractivity contribution in [3.63, 3.8) is 0 Å². The van der Waals surface area contributed by atoms with Crippen LogP contribution in [0.2, 0.25) is 0 Å². The van der Waals surface area contributed by atoms with Gasteiger partial charge in [-0.25, -0.2) is 0 Å². The van der Waals surface area contributed by atoms with Gasteiger partial charge >= 0.3 is 0 Å². The topological polar surface area (TPSA) is 9.34 Å². The molecule has 0 unspecified atom stereocenters. The first-order valence-corrected chi connectivity index (χ1v) is 4.37. The number of hydrogen-bond donors (Lipinski definition) is 0. The van der Waals surface area contributed by atoms with E-state index in [2.05, 4.69) is 58.9 Å². The SMILES string of the molecule is Cn1ccn2cc3ccccc3c12. The number of imidazole rings is 1. The molecular formula is C11H10N2. The van der Waals surface area contributed by atoms with Crippen molar-refractivity contribution in [3.8, 4) is 0 Å². The molecule has 0 saturated heterocycles. The van der Waals surface area contributed by atoms with Crippen molar-refractivity contribution in [2.45, 2.75) is 0 Å². The summed E-state index contributed by atoms with van der Waals surface area (Å²) in [5.74, 6) is 0. The highest BCUT2D eigenvalue weighted by molar-refractivity contribution is 5.95. The lowest BCUT2D eigenvalue weighted by Gasteiger charge is -1.92. The zero-order chi connectivity index (χ0) is 8.84. The first kappa shape index (κ1) is 6.78. The molecular weight excluding hydrogens is 160 g/mol. The van der Waals surface area contributed by atoms with Gasteiger partial charge in [-0.1, -0.05) is 24.3 Å². The van der Waals surface area contributed by atoms with Gasteiger partial charge in [0.05, 0.1) is 0 Å². The van der Waals surface area contributed by atoms with E-state index in [-0.39, 0.29) is 0 Å². The minimum atomic E-state index is 1.26. The van der Waals surface area contributed by atoms with E-state index in [4.69, 9.17) is 0 Å². The van der Waals surface area contributed by atoms with Crippen LogP contribution in [0.5, 0.6) is 0 Å². The van der Waals surface area contributed by atoms with E-state index >= 15 is 0 Å². The maximum atomic E-state index is 2.16. The molecule has 0 radical (unpaired) electrons. The van der Waals surface area contributed by atoms with Gasteiger partial charge in [0.25, 0.3) is 0 Å². The number of hydrogen-bond acceptors (Lipinski definition) is 0. The Bertz CT molecular complexity index is 572. The lowest BCUT2D eigenvalue weighted by atomic mass is 10.2. The minimum Gasteiger partial charge on any atom is -0.335 e. The smallest absolute Gasteiger partial charge is 0.124 e. The summed E-state index contributed by atoms with van der Waals surface area (Å²) in [5.41, 5.74) is 1.26. The summed E-state index contributed by atoms with van der Waals surface area (Å²) in [4.78, 5) is 0. The zero-order valence-electron chi connectivity index (χ0n) is 7.44. The highest BCUT2D eigenvalue weighted by atomic mass is 15.1. The van der Waals surface area contributed by atoms with Gasteiger partial charge in [0.2, 0.25) is 0 Å². The van der Waals surface area contributed by atoms with Crippen LogP contribution >= 0.6 is 0 Å². The van der Waals surface area contributed by atoms with Crippen LogP contribution in [0, 0.1) is 0 Å². The minimum absolute atomic E-state index is 1.26. The Hall–Kier alpha value is -1.70. The molecule has 2 nitrogen and oxygen atoms in total. The van der Waals surface area contributed by atoms with Crippen LogP contribution in [-0.2, 0) is 7.05 Å². The second-order valence-corrected chi connectivity index (χ2v) is 3.36. The lowest BCUT2D eigenvalue weighted by molar-refractivity contribution is 0.962. The molecule has 0 spiro atoms. The van der Waals surface area contributed by atoms with Crippen LogP contribution in [0.4, 0.5) is 0 Å². The second-order valence-electron chi connectivity index (χ2n) is 3.36. The molecule has 2 heterocycles. The molecule has 0 N–H and O–H groups in total. The number of benzene rings is 1. The highest BCUT2D eigenvalue weighted by Crippen LogP contribution is 2.21. The van der Waals surface area contributed by atoms with E-state index in [1.807, 2.05) is 0 Å². The number of nitrogens with zero attached hydrogens (tertiary/aromatic N) is 2. The Labute approximate surface area is 76.0 Å². The monoisotopic (exact) mass is 170 g/mol. The quantitative estimate of drug-likeness (QED) is 0.490. The predicted molar refractivity (Wildman–Crippen MR) is 53.9 cm³/mol. The van der Waals surface area contributed by atoms with Gasteiger partial charge in [-0.2, -0.15) is 0 Å². The molecule has 0 fully saturated rings. The van der Waals surface area contributed by atoms with Crippen molar-refractivity contribution in [1.82, 2.24) is 8.97 Å². The lowest BCUT2D eigenvalue weighted by Crippen LogP contribution is -1.84. The molecule has 0 aliphatic heterocycles. The van der Waals surface area contributed by atoms with E-state index < -0.39 is 0 Å². The molecule has 0 amide bonds. The molecule has 2 heteroatoms. The van der Waals surface area contributed by atoms with Gasteiger partial charge in [-0.15, -0.1) is 0 Å². The second kappa shape index (κ2) is 2.16. The van der Waals surface area contributed by atoms with E-state index in [9.17, 15) is 0 Å². The summed E-state index contributed by atoms with van der Waals surface area (Å²) in [6.45, 7) is 0. The molecule has 1 aromatic carbocycles. The molecule has 3 rings (SSSR count). The molecule has 0 atom stereocenters. The third-order valence-electron chi connectivity index (χ3n) is 2.51. The summed E-state index contributed by atoms with van der Waals surface area (Å²) >= 11 is 0. The fourth-order valence-electron chi connectivity index (χ4n) is 1.89. The summed E-state index contributed by atoms with van der Waals surface area (Å²) in [7, 11) is 2.07. The van der Waals surface area contributed by atoms with Crippen LogP contribution < -0.4 is 0 Å². The van der Waals surface area contributed by atoms with Gasteiger partial charge in [-0.05, 0) is 0 Å². The molecule has 0 bridgehead atoms. The maximum Gasteiger partial charge on any atom is 0.124 e. The molecule has 3 aromatic rings. The van der Waals surface area contributed by atoms with Gasteiger partial charge in [0.1, 0.15) is 5.65 Å². The third kappa shape index (κ3) is 0.773. The van der Waals surface area contributed by atoms with E-state index in [1.54, 1.807) is 0 Å². The maximum absolute atomic E-state index is 2.16. The van der Waals surface area contributed by atoms with Gasteiger partial charge in [0, 0.05) is 36.4 Å². The van der Waals surface area contributed by atoms with Gasteiger partial charge < -0.3 is 8.97 Å². The van der Waals surface area contributed by atoms with Crippen LogP contribution in [-0.4, -0.2) is 8.97 Å². The number of aromatic nitrogens is 2. The van der Waals surface area contributed by atoms with Crippen molar-refractivity contribution in [3.05, 3.63) is 42.9 Å².